The first kappa shape index (κ1) is 7.98. The standard InChI is InChI=1S/C9H7N5O/c1-2-7(15-3-1)13-9-12-6-4-10-5-11-8(6)14-9/h1-5H,(H2,10,11,12,13,14). The molecule has 0 atom stereocenters. The summed E-state index contributed by atoms with van der Waals surface area (Å²) in [5.74, 6) is 1.21. The minimum absolute atomic E-state index is 0.584. The Kier molecular flexibility index (Phi) is 1.64. The van der Waals surface area contributed by atoms with Crippen LogP contribution >= 0.6 is 0 Å². The Morgan fingerprint density at radius 1 is 1.40 bits per heavy atom. The molecule has 74 valence electrons. The van der Waals surface area contributed by atoms with E-state index in [1.807, 2.05) is 0 Å². The van der Waals surface area contributed by atoms with Crippen LogP contribution in [0.1, 0.15) is 0 Å². The van der Waals surface area contributed by atoms with Gasteiger partial charge in [0.1, 0.15) is 11.8 Å². The predicted molar refractivity (Wildman–Crippen MR) is 53.7 cm³/mol. The molecule has 6 heteroatoms. The van der Waals surface area contributed by atoms with Crippen molar-refractivity contribution in [3.05, 3.63) is 30.9 Å². The fourth-order valence-corrected chi connectivity index (χ4v) is 1.29. The van der Waals surface area contributed by atoms with Crippen molar-refractivity contribution in [2.75, 3.05) is 5.32 Å². The number of aromatic amines is 1. The van der Waals surface area contributed by atoms with Crippen LogP contribution in [-0.4, -0.2) is 19.9 Å². The van der Waals surface area contributed by atoms with Gasteiger partial charge in [0.05, 0.1) is 12.5 Å². The van der Waals surface area contributed by atoms with E-state index in [4.69, 9.17) is 4.42 Å². The normalized spacial score (nSPS) is 10.7. The van der Waals surface area contributed by atoms with Crippen LogP contribution in [0.4, 0.5) is 11.8 Å². The Hall–Kier alpha value is -2.37. The number of aromatic nitrogens is 4. The maximum Gasteiger partial charge on any atom is 0.209 e. The van der Waals surface area contributed by atoms with E-state index in [1.165, 1.54) is 6.33 Å². The van der Waals surface area contributed by atoms with Gasteiger partial charge in [-0.05, 0) is 6.07 Å². The number of imidazole rings is 1. The molecule has 0 aliphatic rings. The van der Waals surface area contributed by atoms with E-state index in [1.54, 1.807) is 24.6 Å². The molecule has 0 aromatic carbocycles. The third kappa shape index (κ3) is 1.41. The van der Waals surface area contributed by atoms with E-state index in [0.29, 0.717) is 17.5 Å². The molecule has 0 aliphatic heterocycles. The highest BCUT2D eigenvalue weighted by atomic mass is 16.3. The van der Waals surface area contributed by atoms with Gasteiger partial charge in [0.2, 0.25) is 5.95 Å². The molecule has 0 unspecified atom stereocenters. The Bertz CT molecular complexity index is 538. The zero-order valence-electron chi connectivity index (χ0n) is 7.64. The molecule has 0 aliphatic carbocycles. The summed E-state index contributed by atoms with van der Waals surface area (Å²) >= 11 is 0. The minimum Gasteiger partial charge on any atom is -0.449 e. The van der Waals surface area contributed by atoms with Crippen molar-refractivity contribution in [1.29, 1.82) is 0 Å². The van der Waals surface area contributed by atoms with E-state index in [-0.39, 0.29) is 0 Å². The number of anilines is 2. The van der Waals surface area contributed by atoms with Crippen LogP contribution in [0.5, 0.6) is 0 Å². The number of H-pyrrole nitrogens is 1. The first-order chi connectivity index (χ1) is 7.42. The largest absolute Gasteiger partial charge is 0.449 e. The molecule has 0 radical (unpaired) electrons. The number of hydrogen-bond donors (Lipinski definition) is 2. The van der Waals surface area contributed by atoms with Crippen molar-refractivity contribution >= 4 is 23.0 Å². The molecule has 0 spiro atoms. The molecule has 6 nitrogen and oxygen atoms in total. The van der Waals surface area contributed by atoms with Gasteiger partial charge >= 0.3 is 0 Å². The molecule has 15 heavy (non-hydrogen) atoms. The smallest absolute Gasteiger partial charge is 0.209 e. The molecule has 3 rings (SSSR count). The third-order valence-corrected chi connectivity index (χ3v) is 1.92. The van der Waals surface area contributed by atoms with Crippen LogP contribution in [0.2, 0.25) is 0 Å². The van der Waals surface area contributed by atoms with Crippen molar-refractivity contribution in [1.82, 2.24) is 19.9 Å². The summed E-state index contributed by atoms with van der Waals surface area (Å²) in [6.07, 6.45) is 4.72. The molecular weight excluding hydrogens is 194 g/mol. The lowest BCUT2D eigenvalue weighted by atomic mass is 10.6. The van der Waals surface area contributed by atoms with E-state index < -0.39 is 0 Å². The van der Waals surface area contributed by atoms with Gasteiger partial charge in [0.25, 0.3) is 0 Å². The summed E-state index contributed by atoms with van der Waals surface area (Å²) in [5.41, 5.74) is 1.41. The number of nitrogens with one attached hydrogen (secondary N) is 2. The van der Waals surface area contributed by atoms with E-state index >= 15 is 0 Å². The number of fused-ring (bicyclic) bond motifs is 1. The Labute approximate surface area is 84.4 Å². The molecule has 3 aromatic heterocycles. The lowest BCUT2D eigenvalue weighted by Crippen LogP contribution is -1.89. The average molecular weight is 201 g/mol. The number of hydrogen-bond acceptors (Lipinski definition) is 5. The van der Waals surface area contributed by atoms with Crippen molar-refractivity contribution in [2.45, 2.75) is 0 Å². The highest BCUT2D eigenvalue weighted by Crippen LogP contribution is 2.15. The second-order valence-corrected chi connectivity index (χ2v) is 2.95. The van der Waals surface area contributed by atoms with Crippen molar-refractivity contribution in [3.63, 3.8) is 0 Å². The van der Waals surface area contributed by atoms with Crippen molar-refractivity contribution < 1.29 is 4.42 Å². The van der Waals surface area contributed by atoms with Gasteiger partial charge in [-0.25, -0.2) is 9.97 Å². The molecule has 3 aromatic rings. The monoisotopic (exact) mass is 201 g/mol. The van der Waals surface area contributed by atoms with Crippen LogP contribution < -0.4 is 5.32 Å². The van der Waals surface area contributed by atoms with E-state index in [2.05, 4.69) is 25.3 Å². The maximum atomic E-state index is 5.13. The fourth-order valence-electron chi connectivity index (χ4n) is 1.29. The van der Waals surface area contributed by atoms with Gasteiger partial charge in [-0.15, -0.1) is 0 Å². The Morgan fingerprint density at radius 2 is 2.40 bits per heavy atom. The molecule has 0 saturated carbocycles. The van der Waals surface area contributed by atoms with Gasteiger partial charge in [-0.1, -0.05) is 0 Å². The maximum absolute atomic E-state index is 5.13. The number of rotatable bonds is 2. The van der Waals surface area contributed by atoms with Gasteiger partial charge in [-0.2, -0.15) is 4.98 Å². The first-order valence-corrected chi connectivity index (χ1v) is 4.38. The number of furan rings is 1. The summed E-state index contributed by atoms with van der Waals surface area (Å²) < 4.78 is 5.13. The minimum atomic E-state index is 0.584. The van der Waals surface area contributed by atoms with Crippen molar-refractivity contribution in [3.8, 4) is 0 Å². The lowest BCUT2D eigenvalue weighted by molar-refractivity contribution is 0.584. The average Bonchev–Trinajstić information content (AvgIpc) is 2.86. The zero-order chi connectivity index (χ0) is 10.1. The SMILES string of the molecule is c1coc(Nc2nc3ncncc3[nH]2)c1. The molecule has 0 fully saturated rings. The molecule has 0 saturated heterocycles. The van der Waals surface area contributed by atoms with E-state index in [9.17, 15) is 0 Å². The fraction of sp³-hybridized carbons (Fsp3) is 0. The summed E-state index contributed by atoms with van der Waals surface area (Å²) in [6, 6.07) is 3.60. The van der Waals surface area contributed by atoms with Gasteiger partial charge < -0.3 is 9.40 Å². The first-order valence-electron chi connectivity index (χ1n) is 4.38. The van der Waals surface area contributed by atoms with Crippen LogP contribution in [-0.2, 0) is 0 Å². The molecular formula is C9H7N5O. The Balaban J connectivity index is 1.98. The second-order valence-electron chi connectivity index (χ2n) is 2.95. The molecule has 2 N–H and O–H groups in total. The summed E-state index contributed by atoms with van der Waals surface area (Å²) in [7, 11) is 0. The van der Waals surface area contributed by atoms with Crippen LogP contribution in [0, 0.1) is 0 Å². The summed E-state index contributed by atoms with van der Waals surface area (Å²) in [4.78, 5) is 15.1. The van der Waals surface area contributed by atoms with Crippen LogP contribution in [0.15, 0.2) is 35.3 Å². The highest BCUT2D eigenvalue weighted by Gasteiger charge is 2.04. The summed E-state index contributed by atoms with van der Waals surface area (Å²) in [5, 5.41) is 2.97. The quantitative estimate of drug-likeness (QED) is 0.659. The van der Waals surface area contributed by atoms with Gasteiger partial charge in [0.15, 0.2) is 11.5 Å². The topological polar surface area (TPSA) is 79.6 Å². The zero-order valence-corrected chi connectivity index (χ0v) is 7.64. The molecule has 0 amide bonds. The summed E-state index contributed by atoms with van der Waals surface area (Å²) in [6.45, 7) is 0. The molecule has 0 bridgehead atoms. The second kappa shape index (κ2) is 3.09. The van der Waals surface area contributed by atoms with Crippen molar-refractivity contribution in [2.24, 2.45) is 0 Å². The predicted octanol–water partition coefficient (Wildman–Crippen LogP) is 1.69. The third-order valence-electron chi connectivity index (χ3n) is 1.92. The van der Waals surface area contributed by atoms with Crippen LogP contribution in [0.3, 0.4) is 0 Å². The van der Waals surface area contributed by atoms with Gasteiger partial charge in [0, 0.05) is 6.07 Å². The van der Waals surface area contributed by atoms with Gasteiger partial charge in [-0.3, -0.25) is 5.32 Å². The Morgan fingerprint density at radius 3 is 3.20 bits per heavy atom. The molecule has 3 heterocycles. The van der Waals surface area contributed by atoms with Crippen LogP contribution in [0.25, 0.3) is 11.2 Å². The highest BCUT2D eigenvalue weighted by molar-refractivity contribution is 5.72. The number of nitrogens with zero attached hydrogens (tertiary/aromatic N) is 3. The lowest BCUT2D eigenvalue weighted by Gasteiger charge is -1.94. The van der Waals surface area contributed by atoms with E-state index in [0.717, 1.165) is 5.52 Å².